The van der Waals surface area contributed by atoms with Crippen molar-refractivity contribution in [1.82, 2.24) is 5.06 Å². The van der Waals surface area contributed by atoms with Crippen molar-refractivity contribution in [3.05, 3.63) is 0 Å². The standard InChI is InChI=1S/C5H9NO2/c1-5(2)3-7-4-6(5)8-4/h4H,3H2,1-2H3. The van der Waals surface area contributed by atoms with Gasteiger partial charge in [0.05, 0.1) is 12.1 Å². The summed E-state index contributed by atoms with van der Waals surface area (Å²) in [7, 11) is 0. The summed E-state index contributed by atoms with van der Waals surface area (Å²) < 4.78 is 5.15. The average Bonchev–Trinajstić information content (AvgIpc) is 2.34. The molecule has 0 aliphatic carbocycles. The highest BCUT2D eigenvalue weighted by Gasteiger charge is 2.54. The molecule has 3 heteroatoms. The Hall–Kier alpha value is -0.120. The Labute approximate surface area is 48.1 Å². The summed E-state index contributed by atoms with van der Waals surface area (Å²) >= 11 is 0. The predicted molar refractivity (Wildman–Crippen MR) is 26.7 cm³/mol. The van der Waals surface area contributed by atoms with Crippen molar-refractivity contribution in [1.29, 1.82) is 0 Å². The van der Waals surface area contributed by atoms with E-state index in [1.807, 2.05) is 5.06 Å². The largest absolute Gasteiger partial charge is 0.335 e. The SMILES string of the molecule is CC1(C)COC2ON21. The van der Waals surface area contributed by atoms with Gasteiger partial charge in [-0.25, -0.2) is 4.84 Å². The number of hydrogen-bond donors (Lipinski definition) is 0. The summed E-state index contributed by atoms with van der Waals surface area (Å²) in [5.74, 6) is 0. The third-order valence-electron chi connectivity index (χ3n) is 1.53. The van der Waals surface area contributed by atoms with Crippen LogP contribution < -0.4 is 0 Å². The molecule has 2 heterocycles. The fraction of sp³-hybridized carbons (Fsp3) is 1.00. The Kier molecular flexibility index (Phi) is 0.635. The van der Waals surface area contributed by atoms with E-state index >= 15 is 0 Å². The molecule has 2 aliphatic rings. The Morgan fingerprint density at radius 1 is 1.62 bits per heavy atom. The minimum Gasteiger partial charge on any atom is -0.335 e. The highest BCUT2D eigenvalue weighted by molar-refractivity contribution is 4.86. The van der Waals surface area contributed by atoms with Gasteiger partial charge >= 0.3 is 0 Å². The number of hydrogen-bond acceptors (Lipinski definition) is 3. The zero-order valence-electron chi connectivity index (χ0n) is 5.05. The molecule has 0 spiro atoms. The van der Waals surface area contributed by atoms with Crippen LogP contribution in [0.25, 0.3) is 0 Å². The second-order valence-electron chi connectivity index (χ2n) is 2.86. The first-order chi connectivity index (χ1) is 3.70. The van der Waals surface area contributed by atoms with Crippen molar-refractivity contribution < 1.29 is 9.57 Å². The number of rotatable bonds is 0. The van der Waals surface area contributed by atoms with Crippen LogP contribution in [0.5, 0.6) is 0 Å². The summed E-state index contributed by atoms with van der Waals surface area (Å²) in [6.45, 7) is 4.98. The number of hydroxylamine groups is 2. The maximum absolute atomic E-state index is 5.15. The summed E-state index contributed by atoms with van der Waals surface area (Å²) in [5, 5.41) is 1.87. The minimum absolute atomic E-state index is 0.00926. The monoisotopic (exact) mass is 115 g/mol. The van der Waals surface area contributed by atoms with Crippen LogP contribution in [0.15, 0.2) is 0 Å². The van der Waals surface area contributed by atoms with Crippen LogP contribution in [0.4, 0.5) is 0 Å². The van der Waals surface area contributed by atoms with Crippen molar-refractivity contribution in [2.45, 2.75) is 25.8 Å². The van der Waals surface area contributed by atoms with Gasteiger partial charge in [-0.1, -0.05) is 0 Å². The molecule has 0 aromatic rings. The van der Waals surface area contributed by atoms with Crippen LogP contribution >= 0.6 is 0 Å². The van der Waals surface area contributed by atoms with Gasteiger partial charge in [0, 0.05) is 0 Å². The fourth-order valence-electron chi connectivity index (χ4n) is 0.935. The molecule has 8 heavy (non-hydrogen) atoms. The summed E-state index contributed by atoms with van der Waals surface area (Å²) in [6.07, 6.45) is -0.00926. The molecule has 0 N–H and O–H groups in total. The van der Waals surface area contributed by atoms with Gasteiger partial charge < -0.3 is 4.74 Å². The molecule has 0 bridgehead atoms. The van der Waals surface area contributed by atoms with Crippen LogP contribution in [0.1, 0.15) is 13.8 Å². The van der Waals surface area contributed by atoms with Gasteiger partial charge in [0.2, 0.25) is 0 Å². The van der Waals surface area contributed by atoms with Gasteiger partial charge in [-0.2, -0.15) is 0 Å². The molecule has 46 valence electrons. The zero-order valence-corrected chi connectivity index (χ0v) is 5.05. The Balaban J connectivity index is 2.17. The molecule has 0 saturated carbocycles. The molecule has 0 amide bonds. The van der Waals surface area contributed by atoms with Crippen LogP contribution in [0.2, 0.25) is 0 Å². The molecule has 2 rings (SSSR count). The topological polar surface area (TPSA) is 24.8 Å². The van der Waals surface area contributed by atoms with Gasteiger partial charge in [0.25, 0.3) is 6.41 Å². The number of nitrogens with zero attached hydrogens (tertiary/aromatic N) is 1. The van der Waals surface area contributed by atoms with Crippen LogP contribution in [-0.2, 0) is 9.57 Å². The van der Waals surface area contributed by atoms with E-state index in [2.05, 4.69) is 13.8 Å². The Morgan fingerprint density at radius 2 is 2.38 bits per heavy atom. The van der Waals surface area contributed by atoms with Crippen molar-refractivity contribution in [3.8, 4) is 0 Å². The van der Waals surface area contributed by atoms with Gasteiger partial charge in [-0.3, -0.25) is 0 Å². The van der Waals surface area contributed by atoms with Gasteiger partial charge in [-0.15, -0.1) is 5.06 Å². The van der Waals surface area contributed by atoms with Gasteiger partial charge in [0.1, 0.15) is 0 Å². The maximum Gasteiger partial charge on any atom is 0.259 e. The second-order valence-corrected chi connectivity index (χ2v) is 2.86. The van der Waals surface area contributed by atoms with E-state index in [4.69, 9.17) is 9.57 Å². The first-order valence-electron chi connectivity index (χ1n) is 2.78. The number of fused-ring (bicyclic) bond motifs is 1. The van der Waals surface area contributed by atoms with Crippen LogP contribution in [0.3, 0.4) is 0 Å². The maximum atomic E-state index is 5.15. The van der Waals surface area contributed by atoms with E-state index in [-0.39, 0.29) is 12.0 Å². The zero-order chi connectivity index (χ0) is 5.78. The van der Waals surface area contributed by atoms with E-state index in [1.165, 1.54) is 0 Å². The van der Waals surface area contributed by atoms with Crippen molar-refractivity contribution in [3.63, 3.8) is 0 Å². The van der Waals surface area contributed by atoms with Crippen LogP contribution in [-0.4, -0.2) is 23.6 Å². The lowest BCUT2D eigenvalue weighted by atomic mass is 10.1. The molecular weight excluding hydrogens is 106 g/mol. The number of ether oxygens (including phenoxy) is 1. The van der Waals surface area contributed by atoms with Gasteiger partial charge in [0.15, 0.2) is 0 Å². The Bertz CT molecular complexity index is 124. The first-order valence-corrected chi connectivity index (χ1v) is 2.78. The van der Waals surface area contributed by atoms with E-state index in [0.29, 0.717) is 0 Å². The summed E-state index contributed by atoms with van der Waals surface area (Å²) in [4.78, 5) is 4.98. The third kappa shape index (κ3) is 0.438. The van der Waals surface area contributed by atoms with Crippen LogP contribution in [0, 0.1) is 0 Å². The molecule has 2 saturated heterocycles. The highest BCUT2D eigenvalue weighted by Crippen LogP contribution is 2.38. The van der Waals surface area contributed by atoms with Crippen molar-refractivity contribution in [2.75, 3.05) is 6.61 Å². The fourth-order valence-corrected chi connectivity index (χ4v) is 0.935. The van der Waals surface area contributed by atoms with Gasteiger partial charge in [-0.05, 0) is 13.8 Å². The quantitative estimate of drug-likeness (QED) is 0.425. The molecule has 2 unspecified atom stereocenters. The van der Waals surface area contributed by atoms with Crippen molar-refractivity contribution in [2.24, 2.45) is 0 Å². The summed E-state index contributed by atoms with van der Waals surface area (Å²) in [5.41, 5.74) is 0.116. The lowest BCUT2D eigenvalue weighted by molar-refractivity contribution is -0.0110. The van der Waals surface area contributed by atoms with E-state index in [0.717, 1.165) is 6.61 Å². The normalized spacial score (nSPS) is 48.8. The van der Waals surface area contributed by atoms with Crippen molar-refractivity contribution >= 4 is 0 Å². The lowest BCUT2D eigenvalue weighted by Crippen LogP contribution is -2.29. The molecule has 3 nitrogen and oxygen atoms in total. The molecule has 0 aromatic carbocycles. The third-order valence-corrected chi connectivity index (χ3v) is 1.53. The molecular formula is C5H9NO2. The second kappa shape index (κ2) is 1.07. The smallest absolute Gasteiger partial charge is 0.259 e. The highest BCUT2D eigenvalue weighted by atomic mass is 17.0. The molecule has 2 fully saturated rings. The lowest BCUT2D eigenvalue weighted by Gasteiger charge is -2.15. The molecule has 2 aliphatic heterocycles. The molecule has 2 atom stereocenters. The Morgan fingerprint density at radius 3 is 2.50 bits per heavy atom. The molecule has 0 aromatic heterocycles. The van der Waals surface area contributed by atoms with E-state index in [9.17, 15) is 0 Å². The van der Waals surface area contributed by atoms with E-state index in [1.54, 1.807) is 0 Å². The summed E-state index contributed by atoms with van der Waals surface area (Å²) in [6, 6.07) is 0. The average molecular weight is 115 g/mol. The predicted octanol–water partition coefficient (Wildman–Crippen LogP) is 0.326. The minimum atomic E-state index is -0.00926. The van der Waals surface area contributed by atoms with E-state index < -0.39 is 0 Å². The molecule has 0 radical (unpaired) electrons. The first kappa shape index (κ1) is 4.73.